The number of esters is 1. The van der Waals surface area contributed by atoms with Crippen molar-refractivity contribution < 1.29 is 14.3 Å². The number of carbonyl (C=O) groups excluding carboxylic acids is 2. The van der Waals surface area contributed by atoms with Gasteiger partial charge in [-0.2, -0.15) is 0 Å². The molecule has 7 heteroatoms. The number of hydrogen-bond acceptors (Lipinski definition) is 4. The third kappa shape index (κ3) is 4.47. The Hall–Kier alpha value is -3.38. The molecule has 1 heterocycles. The van der Waals surface area contributed by atoms with Gasteiger partial charge < -0.3 is 14.6 Å². The highest BCUT2D eigenvalue weighted by molar-refractivity contribution is 6.29. The second-order valence-electron chi connectivity index (χ2n) is 6.19. The van der Waals surface area contributed by atoms with Crippen molar-refractivity contribution in [2.45, 2.75) is 6.92 Å². The number of aromatic nitrogens is 1. The fourth-order valence-corrected chi connectivity index (χ4v) is 2.75. The molecule has 28 heavy (non-hydrogen) atoms. The fraction of sp³-hybridized carbons (Fsp3) is 0.0952. The highest BCUT2D eigenvalue weighted by Crippen LogP contribution is 2.21. The lowest BCUT2D eigenvalue weighted by molar-refractivity contribution is 0.0734. The molecule has 1 N–H and O–H groups in total. The first-order valence-corrected chi connectivity index (χ1v) is 8.78. The van der Waals surface area contributed by atoms with E-state index in [9.17, 15) is 14.4 Å². The van der Waals surface area contributed by atoms with Crippen molar-refractivity contribution in [2.24, 2.45) is 0 Å². The molecule has 142 valence electrons. The van der Waals surface area contributed by atoms with Gasteiger partial charge in [0.1, 0.15) is 10.9 Å². The topological polar surface area (TPSA) is 79.5 Å². The first-order chi connectivity index (χ1) is 13.3. The van der Waals surface area contributed by atoms with Crippen LogP contribution in [0, 0.1) is 6.92 Å². The largest absolute Gasteiger partial charge is 0.423 e. The number of rotatable bonds is 4. The highest BCUT2D eigenvalue weighted by Gasteiger charge is 2.14. The smallest absolute Gasteiger partial charge is 0.343 e. The van der Waals surface area contributed by atoms with Gasteiger partial charge in [-0.15, -0.1) is 0 Å². The summed E-state index contributed by atoms with van der Waals surface area (Å²) in [4.78, 5) is 40.0. The highest BCUT2D eigenvalue weighted by atomic mass is 35.5. The SMILES string of the molecule is Cc1ccc(C(=O)N(C)c2ccc(OC(=O)c3cc(Cl)[nH]c(=O)c3)cc2)cc1. The van der Waals surface area contributed by atoms with E-state index in [-0.39, 0.29) is 22.4 Å². The van der Waals surface area contributed by atoms with E-state index in [0.29, 0.717) is 11.3 Å². The van der Waals surface area contributed by atoms with E-state index >= 15 is 0 Å². The standard InChI is InChI=1S/C21H17ClN2O4/c1-13-3-5-14(6-4-13)20(26)24(2)16-7-9-17(10-8-16)28-21(27)15-11-18(22)23-19(25)12-15/h3-12H,1-2H3,(H,23,25). The molecular formula is C21H17ClN2O4. The van der Waals surface area contributed by atoms with E-state index in [1.165, 1.54) is 11.0 Å². The van der Waals surface area contributed by atoms with E-state index in [4.69, 9.17) is 16.3 Å². The van der Waals surface area contributed by atoms with Gasteiger partial charge in [0.05, 0.1) is 5.56 Å². The monoisotopic (exact) mass is 396 g/mol. The Labute approximate surface area is 166 Å². The quantitative estimate of drug-likeness (QED) is 0.413. The molecule has 2 aromatic carbocycles. The van der Waals surface area contributed by atoms with Crippen LogP contribution in [0.1, 0.15) is 26.3 Å². The Morgan fingerprint density at radius 2 is 1.61 bits per heavy atom. The lowest BCUT2D eigenvalue weighted by atomic mass is 10.1. The number of anilines is 1. The molecule has 0 aliphatic heterocycles. The normalized spacial score (nSPS) is 10.4. The van der Waals surface area contributed by atoms with Crippen molar-refractivity contribution in [1.29, 1.82) is 0 Å². The average molecular weight is 397 g/mol. The predicted octanol–water partition coefficient (Wildman–Crippen LogP) is 3.83. The summed E-state index contributed by atoms with van der Waals surface area (Å²) < 4.78 is 5.25. The summed E-state index contributed by atoms with van der Waals surface area (Å²) in [6, 6.07) is 16.2. The van der Waals surface area contributed by atoms with Gasteiger partial charge in [-0.05, 0) is 49.4 Å². The minimum atomic E-state index is -0.704. The molecule has 0 saturated heterocycles. The van der Waals surface area contributed by atoms with E-state index in [0.717, 1.165) is 11.6 Å². The zero-order chi connectivity index (χ0) is 20.3. The zero-order valence-electron chi connectivity index (χ0n) is 15.2. The van der Waals surface area contributed by atoms with Gasteiger partial charge in [0.25, 0.3) is 5.91 Å². The third-order valence-corrected chi connectivity index (χ3v) is 4.29. The number of amides is 1. The van der Waals surface area contributed by atoms with Crippen LogP contribution in [-0.2, 0) is 0 Å². The second-order valence-corrected chi connectivity index (χ2v) is 6.60. The van der Waals surface area contributed by atoms with E-state index in [2.05, 4.69) is 4.98 Å². The summed E-state index contributed by atoms with van der Waals surface area (Å²) in [7, 11) is 1.67. The number of benzene rings is 2. The van der Waals surface area contributed by atoms with Gasteiger partial charge in [0, 0.05) is 24.4 Å². The summed E-state index contributed by atoms with van der Waals surface area (Å²) in [5.41, 5.74) is 1.85. The summed E-state index contributed by atoms with van der Waals surface area (Å²) >= 11 is 5.74. The Balaban J connectivity index is 1.72. The molecule has 0 spiro atoms. The van der Waals surface area contributed by atoms with Crippen LogP contribution in [0.4, 0.5) is 5.69 Å². The molecule has 0 aliphatic carbocycles. The molecule has 1 amide bonds. The van der Waals surface area contributed by atoms with Gasteiger partial charge in [0.2, 0.25) is 5.56 Å². The number of pyridine rings is 1. The van der Waals surface area contributed by atoms with Crippen molar-refractivity contribution in [3.05, 3.63) is 92.9 Å². The molecule has 3 rings (SSSR count). The lowest BCUT2D eigenvalue weighted by Crippen LogP contribution is -2.26. The number of H-pyrrole nitrogens is 1. The van der Waals surface area contributed by atoms with Crippen molar-refractivity contribution in [1.82, 2.24) is 4.98 Å². The zero-order valence-corrected chi connectivity index (χ0v) is 16.0. The van der Waals surface area contributed by atoms with Gasteiger partial charge in [-0.3, -0.25) is 9.59 Å². The van der Waals surface area contributed by atoms with E-state index in [1.807, 2.05) is 19.1 Å². The first-order valence-electron chi connectivity index (χ1n) is 8.40. The number of nitrogens with zero attached hydrogens (tertiary/aromatic N) is 1. The molecule has 0 unspecified atom stereocenters. The molecule has 0 saturated carbocycles. The molecular weight excluding hydrogens is 380 g/mol. The number of carbonyl (C=O) groups is 2. The molecule has 0 atom stereocenters. The Morgan fingerprint density at radius 3 is 2.21 bits per heavy atom. The number of nitrogens with one attached hydrogen (secondary N) is 1. The Bertz CT molecular complexity index is 1070. The van der Waals surface area contributed by atoms with Crippen molar-refractivity contribution in [3.63, 3.8) is 0 Å². The first kappa shape index (κ1) is 19.4. The van der Waals surface area contributed by atoms with Crippen LogP contribution >= 0.6 is 11.6 Å². The summed E-state index contributed by atoms with van der Waals surface area (Å²) in [5.74, 6) is -0.575. The van der Waals surface area contributed by atoms with Crippen LogP contribution in [0.5, 0.6) is 5.75 Å². The minimum Gasteiger partial charge on any atom is -0.423 e. The molecule has 6 nitrogen and oxygen atoms in total. The molecule has 1 aromatic heterocycles. The predicted molar refractivity (Wildman–Crippen MR) is 107 cm³/mol. The van der Waals surface area contributed by atoms with Crippen LogP contribution in [0.15, 0.2) is 65.5 Å². The number of halogens is 1. The summed E-state index contributed by atoms with van der Waals surface area (Å²) in [6.07, 6.45) is 0. The van der Waals surface area contributed by atoms with Crippen molar-refractivity contribution >= 4 is 29.2 Å². The number of aryl methyl sites for hydroxylation is 1. The van der Waals surface area contributed by atoms with E-state index < -0.39 is 11.5 Å². The Kier molecular flexibility index (Phi) is 5.61. The summed E-state index contributed by atoms with van der Waals surface area (Å²) in [6.45, 7) is 1.96. The maximum absolute atomic E-state index is 12.6. The number of ether oxygens (including phenoxy) is 1. The Morgan fingerprint density at radius 1 is 0.964 bits per heavy atom. The molecule has 0 radical (unpaired) electrons. The maximum Gasteiger partial charge on any atom is 0.343 e. The fourth-order valence-electron chi connectivity index (χ4n) is 2.54. The second kappa shape index (κ2) is 8.10. The number of aromatic amines is 1. The molecule has 0 aliphatic rings. The van der Waals surface area contributed by atoms with Crippen LogP contribution in [-0.4, -0.2) is 23.9 Å². The van der Waals surface area contributed by atoms with Crippen LogP contribution < -0.4 is 15.2 Å². The summed E-state index contributed by atoms with van der Waals surface area (Å²) in [5, 5.41) is 0.0473. The van der Waals surface area contributed by atoms with Gasteiger partial charge in [0.15, 0.2) is 0 Å². The average Bonchev–Trinajstić information content (AvgIpc) is 2.67. The van der Waals surface area contributed by atoms with Gasteiger partial charge in [-0.25, -0.2) is 4.79 Å². The van der Waals surface area contributed by atoms with Crippen molar-refractivity contribution in [3.8, 4) is 5.75 Å². The van der Waals surface area contributed by atoms with Crippen LogP contribution in [0.3, 0.4) is 0 Å². The molecule has 3 aromatic rings. The maximum atomic E-state index is 12.6. The number of hydrogen-bond donors (Lipinski definition) is 1. The lowest BCUT2D eigenvalue weighted by Gasteiger charge is -2.18. The van der Waals surface area contributed by atoms with Crippen LogP contribution in [0.2, 0.25) is 5.15 Å². The van der Waals surface area contributed by atoms with E-state index in [1.54, 1.807) is 43.4 Å². The molecule has 0 fully saturated rings. The molecule has 0 bridgehead atoms. The van der Waals surface area contributed by atoms with Gasteiger partial charge in [-0.1, -0.05) is 29.3 Å². The minimum absolute atomic E-state index is 0.0458. The van der Waals surface area contributed by atoms with Gasteiger partial charge >= 0.3 is 5.97 Å². The van der Waals surface area contributed by atoms with Crippen LogP contribution in [0.25, 0.3) is 0 Å². The van der Waals surface area contributed by atoms with Crippen molar-refractivity contribution in [2.75, 3.05) is 11.9 Å². The third-order valence-electron chi connectivity index (χ3n) is 4.08.